The number of carboxylic acid groups (broad SMARTS) is 1. The van der Waals surface area contributed by atoms with Gasteiger partial charge in [-0.05, 0) is 0 Å². The van der Waals surface area contributed by atoms with Gasteiger partial charge in [0.2, 0.25) is 0 Å². The van der Waals surface area contributed by atoms with Crippen molar-refractivity contribution in [2.24, 2.45) is 4.99 Å². The van der Waals surface area contributed by atoms with E-state index in [4.69, 9.17) is 5.11 Å². The first-order valence-corrected chi connectivity index (χ1v) is 4.36. The highest BCUT2D eigenvalue weighted by Crippen LogP contribution is 2.05. The Morgan fingerprint density at radius 3 is 2.71 bits per heavy atom. The van der Waals surface area contributed by atoms with Crippen LogP contribution in [0.3, 0.4) is 0 Å². The Kier molecular flexibility index (Phi) is 2.18. The molecule has 1 atom stereocenters. The normalized spacial score (nSPS) is 20.0. The number of carbonyl (C=O) groups is 1. The number of nitrogens with one attached hydrogen (secondary N) is 1. The third-order valence-electron chi connectivity index (χ3n) is 2.09. The highest BCUT2D eigenvalue weighted by molar-refractivity contribution is 6.02. The van der Waals surface area contributed by atoms with Gasteiger partial charge < -0.3 is 10.4 Å². The second-order valence-corrected chi connectivity index (χ2v) is 3.09. The van der Waals surface area contributed by atoms with Crippen LogP contribution in [0.1, 0.15) is 5.56 Å². The molecule has 1 heterocycles. The van der Waals surface area contributed by atoms with Crippen molar-refractivity contribution in [2.75, 3.05) is 6.54 Å². The van der Waals surface area contributed by atoms with Crippen molar-refractivity contribution in [1.82, 2.24) is 5.32 Å². The molecule has 1 aliphatic rings. The van der Waals surface area contributed by atoms with Crippen molar-refractivity contribution in [3.8, 4) is 0 Å². The molecule has 0 aromatic heterocycles. The molecule has 1 aromatic carbocycles. The predicted molar refractivity (Wildman–Crippen MR) is 52.4 cm³/mol. The van der Waals surface area contributed by atoms with Gasteiger partial charge in [0.25, 0.3) is 0 Å². The fourth-order valence-electron chi connectivity index (χ4n) is 1.35. The Balaban J connectivity index is 2.13. The van der Waals surface area contributed by atoms with Crippen molar-refractivity contribution in [1.29, 1.82) is 0 Å². The van der Waals surface area contributed by atoms with E-state index in [-0.39, 0.29) is 0 Å². The monoisotopic (exact) mass is 190 g/mol. The lowest BCUT2D eigenvalue weighted by Crippen LogP contribution is -2.37. The van der Waals surface area contributed by atoms with Gasteiger partial charge in [0.05, 0.1) is 6.54 Å². The minimum Gasteiger partial charge on any atom is -0.480 e. The maximum Gasteiger partial charge on any atom is 0.328 e. The third-order valence-corrected chi connectivity index (χ3v) is 2.09. The van der Waals surface area contributed by atoms with Crippen LogP contribution >= 0.6 is 0 Å². The maximum atomic E-state index is 10.6. The lowest BCUT2D eigenvalue weighted by atomic mass is 10.2. The second kappa shape index (κ2) is 3.49. The van der Waals surface area contributed by atoms with E-state index in [1.807, 2.05) is 30.3 Å². The zero-order chi connectivity index (χ0) is 9.97. The number of amidine groups is 1. The number of rotatable bonds is 2. The number of aliphatic carboxylic acids is 1. The van der Waals surface area contributed by atoms with E-state index in [1.165, 1.54) is 0 Å². The summed E-state index contributed by atoms with van der Waals surface area (Å²) >= 11 is 0. The number of carboxylic acids is 1. The molecule has 0 bridgehead atoms. The molecule has 14 heavy (non-hydrogen) atoms. The topological polar surface area (TPSA) is 61.7 Å². The van der Waals surface area contributed by atoms with Crippen LogP contribution in [-0.4, -0.2) is 29.5 Å². The van der Waals surface area contributed by atoms with Crippen molar-refractivity contribution in [2.45, 2.75) is 6.04 Å². The third kappa shape index (κ3) is 1.59. The largest absolute Gasteiger partial charge is 0.480 e. The maximum absolute atomic E-state index is 10.6. The summed E-state index contributed by atoms with van der Waals surface area (Å²) in [6, 6.07) is 8.92. The average molecular weight is 190 g/mol. The first kappa shape index (κ1) is 8.74. The molecule has 0 fully saturated rings. The summed E-state index contributed by atoms with van der Waals surface area (Å²) < 4.78 is 0. The van der Waals surface area contributed by atoms with Gasteiger partial charge in [-0.3, -0.25) is 4.99 Å². The van der Waals surface area contributed by atoms with Gasteiger partial charge in [-0.15, -0.1) is 0 Å². The predicted octanol–water partition coefficient (Wildman–Crippen LogP) is 0.490. The summed E-state index contributed by atoms with van der Waals surface area (Å²) in [4.78, 5) is 14.8. The number of nitrogens with zero attached hydrogens (tertiary/aromatic N) is 1. The fraction of sp³-hybridized carbons (Fsp3) is 0.200. The molecule has 1 aromatic rings. The molecule has 72 valence electrons. The van der Waals surface area contributed by atoms with Crippen LogP contribution in [0.5, 0.6) is 0 Å². The minimum atomic E-state index is -0.861. The van der Waals surface area contributed by atoms with Crippen LogP contribution in [0.15, 0.2) is 35.3 Å². The molecule has 4 heteroatoms. The molecule has 0 saturated carbocycles. The average Bonchev–Trinajstić information content (AvgIpc) is 2.68. The zero-order valence-electron chi connectivity index (χ0n) is 7.47. The van der Waals surface area contributed by atoms with Crippen LogP contribution in [-0.2, 0) is 4.79 Å². The molecular formula is C10H10N2O2. The van der Waals surface area contributed by atoms with Crippen LogP contribution in [0.2, 0.25) is 0 Å². The van der Waals surface area contributed by atoms with Crippen molar-refractivity contribution in [3.63, 3.8) is 0 Å². The van der Waals surface area contributed by atoms with Crippen LogP contribution < -0.4 is 5.32 Å². The summed E-state index contributed by atoms with van der Waals surface area (Å²) in [6.07, 6.45) is 0. The first-order chi connectivity index (χ1) is 6.77. The van der Waals surface area contributed by atoms with Crippen LogP contribution in [0, 0.1) is 0 Å². The van der Waals surface area contributed by atoms with Gasteiger partial charge in [-0.25, -0.2) is 4.79 Å². The molecule has 0 amide bonds. The zero-order valence-corrected chi connectivity index (χ0v) is 7.47. The summed E-state index contributed by atoms with van der Waals surface area (Å²) in [5, 5.41) is 11.6. The van der Waals surface area contributed by atoms with E-state index in [1.54, 1.807) is 0 Å². The van der Waals surface area contributed by atoms with E-state index in [0.717, 1.165) is 5.56 Å². The SMILES string of the molecule is O=C(O)[C@@H]1CN=C(c2ccccc2)N1. The smallest absolute Gasteiger partial charge is 0.328 e. The van der Waals surface area contributed by atoms with Crippen molar-refractivity contribution >= 4 is 11.8 Å². The highest BCUT2D eigenvalue weighted by atomic mass is 16.4. The first-order valence-electron chi connectivity index (χ1n) is 4.36. The summed E-state index contributed by atoms with van der Waals surface area (Å²) in [5.74, 6) is -0.197. The quantitative estimate of drug-likeness (QED) is 0.713. The molecule has 2 rings (SSSR count). The van der Waals surface area contributed by atoms with E-state index in [2.05, 4.69) is 10.3 Å². The summed E-state index contributed by atoms with van der Waals surface area (Å²) in [5.41, 5.74) is 0.927. The number of aliphatic imine (C=N–C) groups is 1. The Morgan fingerprint density at radius 2 is 2.14 bits per heavy atom. The number of hydrogen-bond acceptors (Lipinski definition) is 3. The Hall–Kier alpha value is -1.84. The molecule has 1 aliphatic heterocycles. The molecule has 0 unspecified atom stereocenters. The molecule has 0 aliphatic carbocycles. The molecule has 0 saturated heterocycles. The Morgan fingerprint density at radius 1 is 1.43 bits per heavy atom. The second-order valence-electron chi connectivity index (χ2n) is 3.09. The van der Waals surface area contributed by atoms with Crippen molar-refractivity contribution in [3.05, 3.63) is 35.9 Å². The van der Waals surface area contributed by atoms with Crippen molar-refractivity contribution < 1.29 is 9.90 Å². The highest BCUT2D eigenvalue weighted by Gasteiger charge is 2.23. The lowest BCUT2D eigenvalue weighted by Gasteiger charge is -2.06. The van der Waals surface area contributed by atoms with E-state index in [0.29, 0.717) is 12.4 Å². The summed E-state index contributed by atoms with van der Waals surface area (Å²) in [7, 11) is 0. The van der Waals surface area contributed by atoms with E-state index >= 15 is 0 Å². The van der Waals surface area contributed by atoms with Gasteiger partial charge in [0.1, 0.15) is 11.9 Å². The lowest BCUT2D eigenvalue weighted by molar-refractivity contribution is -0.138. The van der Waals surface area contributed by atoms with Gasteiger partial charge in [-0.2, -0.15) is 0 Å². The van der Waals surface area contributed by atoms with Gasteiger partial charge in [0.15, 0.2) is 0 Å². The molecule has 0 radical (unpaired) electrons. The van der Waals surface area contributed by atoms with Gasteiger partial charge in [0, 0.05) is 5.56 Å². The standard InChI is InChI=1S/C10H10N2O2/c13-10(14)8-6-11-9(12-8)7-4-2-1-3-5-7/h1-5,8H,6H2,(H,11,12)(H,13,14)/t8-/m0/s1. The fourth-order valence-corrected chi connectivity index (χ4v) is 1.35. The van der Waals surface area contributed by atoms with Crippen LogP contribution in [0.4, 0.5) is 0 Å². The molecular weight excluding hydrogens is 180 g/mol. The van der Waals surface area contributed by atoms with Gasteiger partial charge >= 0.3 is 5.97 Å². The van der Waals surface area contributed by atoms with E-state index < -0.39 is 12.0 Å². The minimum absolute atomic E-state index is 0.305. The number of hydrogen-bond donors (Lipinski definition) is 2. The Labute approximate surface area is 81.3 Å². The van der Waals surface area contributed by atoms with Gasteiger partial charge in [-0.1, -0.05) is 30.3 Å². The summed E-state index contributed by atoms with van der Waals surface area (Å²) in [6.45, 7) is 0.305. The molecule has 4 nitrogen and oxygen atoms in total. The Bertz CT molecular complexity index is 373. The molecule has 0 spiro atoms. The van der Waals surface area contributed by atoms with E-state index in [9.17, 15) is 4.79 Å². The number of benzene rings is 1. The van der Waals surface area contributed by atoms with Crippen LogP contribution in [0.25, 0.3) is 0 Å². The molecule has 2 N–H and O–H groups in total.